The van der Waals surface area contributed by atoms with E-state index in [1.54, 1.807) is 0 Å². The largest absolute Gasteiger partial charge is 0.357 e. The van der Waals surface area contributed by atoms with E-state index in [1.165, 1.54) is 5.56 Å². The van der Waals surface area contributed by atoms with Crippen molar-refractivity contribution in [2.45, 2.75) is 20.3 Å². The molecule has 0 aromatic heterocycles. The molecule has 1 aromatic carbocycles. The Hall–Kier alpha value is -2.04. The van der Waals surface area contributed by atoms with E-state index in [2.05, 4.69) is 33.1 Å². The average molecular weight is 276 g/mol. The average Bonchev–Trinajstić information content (AvgIpc) is 2.46. The summed E-state index contributed by atoms with van der Waals surface area (Å²) in [5, 5.41) is 9.03. The second-order valence-electron chi connectivity index (χ2n) is 4.31. The van der Waals surface area contributed by atoms with Gasteiger partial charge in [0.1, 0.15) is 6.54 Å². The summed E-state index contributed by atoms with van der Waals surface area (Å²) in [6, 6.07) is 10.1. The van der Waals surface area contributed by atoms with Gasteiger partial charge in [-0.05, 0) is 25.8 Å². The predicted molar refractivity (Wildman–Crippen MR) is 82.8 cm³/mol. The molecule has 110 valence electrons. The Labute approximate surface area is 120 Å². The van der Waals surface area contributed by atoms with Gasteiger partial charge >= 0.3 is 0 Å². The van der Waals surface area contributed by atoms with Crippen molar-refractivity contribution in [3.8, 4) is 0 Å². The third-order valence-electron chi connectivity index (χ3n) is 2.65. The van der Waals surface area contributed by atoms with Crippen molar-refractivity contribution in [3.05, 3.63) is 35.9 Å². The standard InChI is InChI=1S/C15H24N4O/c1-3-16-15(17-4-2)19-12-14(20)18-11-10-13-8-6-5-7-9-13/h5-9H,3-4,10-12H2,1-2H3,(H,18,20)(H2,16,17,19). The molecule has 0 spiro atoms. The van der Waals surface area contributed by atoms with Crippen LogP contribution in [-0.4, -0.2) is 38.0 Å². The molecule has 20 heavy (non-hydrogen) atoms. The number of carbonyl (C=O) groups excluding carboxylic acids is 1. The lowest BCUT2D eigenvalue weighted by molar-refractivity contribution is -0.119. The highest BCUT2D eigenvalue weighted by molar-refractivity contribution is 5.84. The van der Waals surface area contributed by atoms with Gasteiger partial charge in [-0.25, -0.2) is 4.99 Å². The van der Waals surface area contributed by atoms with Crippen LogP contribution in [0.25, 0.3) is 0 Å². The SMILES string of the molecule is CCNC(=NCC(=O)NCCc1ccccc1)NCC. The number of benzene rings is 1. The van der Waals surface area contributed by atoms with E-state index < -0.39 is 0 Å². The molecule has 1 amide bonds. The van der Waals surface area contributed by atoms with Gasteiger partial charge in [0.2, 0.25) is 5.91 Å². The molecular formula is C15H24N4O. The quantitative estimate of drug-likeness (QED) is 0.512. The highest BCUT2D eigenvalue weighted by Crippen LogP contribution is 1.97. The van der Waals surface area contributed by atoms with E-state index in [4.69, 9.17) is 0 Å². The van der Waals surface area contributed by atoms with Crippen LogP contribution in [0.1, 0.15) is 19.4 Å². The Kier molecular flexibility index (Phi) is 7.87. The molecule has 1 rings (SSSR count). The highest BCUT2D eigenvalue weighted by Gasteiger charge is 2.01. The predicted octanol–water partition coefficient (Wildman–Crippen LogP) is 0.920. The summed E-state index contributed by atoms with van der Waals surface area (Å²) in [7, 11) is 0. The van der Waals surface area contributed by atoms with E-state index in [9.17, 15) is 4.79 Å². The molecule has 5 heteroatoms. The number of rotatable bonds is 7. The van der Waals surface area contributed by atoms with Gasteiger partial charge < -0.3 is 16.0 Å². The van der Waals surface area contributed by atoms with E-state index in [1.807, 2.05) is 32.0 Å². The van der Waals surface area contributed by atoms with Crippen LogP contribution in [0.5, 0.6) is 0 Å². The van der Waals surface area contributed by atoms with Crippen molar-refractivity contribution >= 4 is 11.9 Å². The first-order chi connectivity index (χ1) is 9.76. The number of carbonyl (C=O) groups is 1. The summed E-state index contributed by atoms with van der Waals surface area (Å²) in [6.07, 6.45) is 0.837. The summed E-state index contributed by atoms with van der Waals surface area (Å²) in [6.45, 7) is 6.32. The second-order valence-corrected chi connectivity index (χ2v) is 4.31. The molecule has 0 heterocycles. The third-order valence-corrected chi connectivity index (χ3v) is 2.65. The van der Waals surface area contributed by atoms with Crippen molar-refractivity contribution in [1.82, 2.24) is 16.0 Å². The van der Waals surface area contributed by atoms with Gasteiger partial charge in [0.25, 0.3) is 0 Å². The molecule has 0 fully saturated rings. The van der Waals surface area contributed by atoms with Gasteiger partial charge in [-0.3, -0.25) is 4.79 Å². The summed E-state index contributed by atoms with van der Waals surface area (Å²) in [4.78, 5) is 15.9. The van der Waals surface area contributed by atoms with Gasteiger partial charge in [0, 0.05) is 19.6 Å². The lowest BCUT2D eigenvalue weighted by atomic mass is 10.1. The van der Waals surface area contributed by atoms with Crippen LogP contribution < -0.4 is 16.0 Å². The van der Waals surface area contributed by atoms with Crippen LogP contribution in [0.3, 0.4) is 0 Å². The van der Waals surface area contributed by atoms with Crippen LogP contribution in [0, 0.1) is 0 Å². The molecule has 0 atom stereocenters. The molecule has 0 aliphatic rings. The van der Waals surface area contributed by atoms with Crippen molar-refractivity contribution in [1.29, 1.82) is 0 Å². The van der Waals surface area contributed by atoms with Crippen molar-refractivity contribution in [3.63, 3.8) is 0 Å². The smallest absolute Gasteiger partial charge is 0.241 e. The van der Waals surface area contributed by atoms with Gasteiger partial charge in [-0.1, -0.05) is 30.3 Å². The molecule has 0 aliphatic carbocycles. The fraction of sp³-hybridized carbons (Fsp3) is 0.467. The normalized spacial score (nSPS) is 9.70. The fourth-order valence-corrected chi connectivity index (χ4v) is 1.71. The molecule has 0 unspecified atom stereocenters. The minimum absolute atomic E-state index is 0.0609. The Balaban J connectivity index is 2.27. The van der Waals surface area contributed by atoms with Crippen molar-refractivity contribution in [2.24, 2.45) is 4.99 Å². The van der Waals surface area contributed by atoms with E-state index in [0.717, 1.165) is 19.5 Å². The Morgan fingerprint density at radius 2 is 1.70 bits per heavy atom. The monoisotopic (exact) mass is 276 g/mol. The minimum Gasteiger partial charge on any atom is -0.357 e. The first-order valence-electron chi connectivity index (χ1n) is 7.09. The maximum atomic E-state index is 11.7. The van der Waals surface area contributed by atoms with E-state index in [0.29, 0.717) is 12.5 Å². The van der Waals surface area contributed by atoms with Crippen LogP contribution >= 0.6 is 0 Å². The molecule has 0 saturated heterocycles. The number of hydrogen-bond acceptors (Lipinski definition) is 2. The van der Waals surface area contributed by atoms with Crippen LogP contribution in [0.15, 0.2) is 35.3 Å². The molecule has 3 N–H and O–H groups in total. The zero-order valence-corrected chi connectivity index (χ0v) is 12.3. The zero-order chi connectivity index (χ0) is 14.6. The number of aliphatic imine (C=N–C) groups is 1. The Morgan fingerprint density at radius 1 is 1.05 bits per heavy atom. The maximum Gasteiger partial charge on any atom is 0.241 e. The molecule has 0 aliphatic heterocycles. The summed E-state index contributed by atoms with van der Waals surface area (Å²) in [5.41, 5.74) is 1.22. The number of nitrogens with one attached hydrogen (secondary N) is 3. The van der Waals surface area contributed by atoms with E-state index in [-0.39, 0.29) is 12.5 Å². The number of hydrogen-bond donors (Lipinski definition) is 3. The molecule has 5 nitrogen and oxygen atoms in total. The first kappa shape index (κ1) is 16.0. The summed E-state index contributed by atoms with van der Waals surface area (Å²) in [5.74, 6) is 0.613. The lowest BCUT2D eigenvalue weighted by Gasteiger charge is -2.09. The Morgan fingerprint density at radius 3 is 2.30 bits per heavy atom. The summed E-state index contributed by atoms with van der Waals surface area (Å²) < 4.78 is 0. The molecule has 0 saturated carbocycles. The summed E-state index contributed by atoms with van der Waals surface area (Å²) >= 11 is 0. The van der Waals surface area contributed by atoms with Gasteiger partial charge in [0.05, 0.1) is 0 Å². The van der Waals surface area contributed by atoms with Crippen molar-refractivity contribution in [2.75, 3.05) is 26.2 Å². The minimum atomic E-state index is -0.0609. The molecule has 1 aromatic rings. The fourth-order valence-electron chi connectivity index (χ4n) is 1.71. The van der Waals surface area contributed by atoms with Gasteiger partial charge in [-0.15, -0.1) is 0 Å². The maximum absolute atomic E-state index is 11.7. The molecule has 0 radical (unpaired) electrons. The number of nitrogens with zero attached hydrogens (tertiary/aromatic N) is 1. The Bertz CT molecular complexity index is 409. The van der Waals surface area contributed by atoms with Crippen LogP contribution in [-0.2, 0) is 11.2 Å². The van der Waals surface area contributed by atoms with Crippen LogP contribution in [0.2, 0.25) is 0 Å². The third kappa shape index (κ3) is 6.78. The number of amides is 1. The molecular weight excluding hydrogens is 252 g/mol. The highest BCUT2D eigenvalue weighted by atomic mass is 16.1. The number of guanidine groups is 1. The van der Waals surface area contributed by atoms with E-state index >= 15 is 0 Å². The first-order valence-corrected chi connectivity index (χ1v) is 7.09. The second kappa shape index (κ2) is 9.83. The van der Waals surface area contributed by atoms with Crippen molar-refractivity contribution < 1.29 is 4.79 Å². The van der Waals surface area contributed by atoms with Gasteiger partial charge in [-0.2, -0.15) is 0 Å². The zero-order valence-electron chi connectivity index (χ0n) is 12.3. The lowest BCUT2D eigenvalue weighted by Crippen LogP contribution is -2.38. The molecule has 0 bridgehead atoms. The van der Waals surface area contributed by atoms with Crippen LogP contribution in [0.4, 0.5) is 0 Å². The topological polar surface area (TPSA) is 65.5 Å². The van der Waals surface area contributed by atoms with Gasteiger partial charge in [0.15, 0.2) is 5.96 Å².